The minimum absolute atomic E-state index is 0.249. The van der Waals surface area contributed by atoms with E-state index >= 15 is 0 Å². The summed E-state index contributed by atoms with van der Waals surface area (Å²) in [6.45, 7) is 6.51. The van der Waals surface area contributed by atoms with E-state index in [4.69, 9.17) is 11.6 Å². The highest BCUT2D eigenvalue weighted by molar-refractivity contribution is 6.30. The SMILES string of the molecule is Cc1cc(C(=O)NCc2ccc(Cl)cc2)nc(Nc2ccccc2C(C)C)n1. The first-order valence-electron chi connectivity index (χ1n) is 9.16. The van der Waals surface area contributed by atoms with E-state index in [0.717, 1.165) is 16.9 Å². The lowest BCUT2D eigenvalue weighted by Gasteiger charge is -2.14. The van der Waals surface area contributed by atoms with Gasteiger partial charge < -0.3 is 10.6 Å². The number of aromatic nitrogens is 2. The summed E-state index contributed by atoms with van der Waals surface area (Å²) in [6, 6.07) is 17.1. The van der Waals surface area contributed by atoms with Crippen LogP contribution in [0.4, 0.5) is 11.6 Å². The summed E-state index contributed by atoms with van der Waals surface area (Å²) in [6.07, 6.45) is 0. The molecule has 2 aromatic carbocycles. The van der Waals surface area contributed by atoms with Crippen LogP contribution in [0.3, 0.4) is 0 Å². The molecule has 3 rings (SSSR count). The highest BCUT2D eigenvalue weighted by atomic mass is 35.5. The van der Waals surface area contributed by atoms with E-state index in [1.165, 1.54) is 5.56 Å². The molecule has 5 nitrogen and oxygen atoms in total. The van der Waals surface area contributed by atoms with Gasteiger partial charge in [0.25, 0.3) is 5.91 Å². The molecule has 0 radical (unpaired) electrons. The summed E-state index contributed by atoms with van der Waals surface area (Å²) in [5.41, 5.74) is 4.12. The molecular formula is C22H23ClN4O. The Balaban J connectivity index is 1.76. The third-order valence-corrected chi connectivity index (χ3v) is 4.53. The Hall–Kier alpha value is -2.92. The van der Waals surface area contributed by atoms with E-state index in [1.807, 2.05) is 37.3 Å². The Bertz CT molecular complexity index is 971. The quantitative estimate of drug-likeness (QED) is 0.600. The molecule has 1 aromatic heterocycles. The molecule has 0 aliphatic rings. The molecule has 0 aliphatic heterocycles. The summed E-state index contributed by atoms with van der Waals surface area (Å²) in [4.78, 5) is 21.4. The predicted octanol–water partition coefficient (Wildman–Crippen LogP) is 5.24. The van der Waals surface area contributed by atoms with Gasteiger partial charge in [0, 0.05) is 22.9 Å². The smallest absolute Gasteiger partial charge is 0.270 e. The zero-order chi connectivity index (χ0) is 20.1. The van der Waals surface area contributed by atoms with Gasteiger partial charge in [0.05, 0.1) is 0 Å². The maximum atomic E-state index is 12.6. The lowest BCUT2D eigenvalue weighted by molar-refractivity contribution is 0.0945. The predicted molar refractivity (Wildman–Crippen MR) is 113 cm³/mol. The number of halogens is 1. The van der Waals surface area contributed by atoms with Gasteiger partial charge in [-0.15, -0.1) is 0 Å². The summed E-state index contributed by atoms with van der Waals surface area (Å²) in [7, 11) is 0. The Morgan fingerprint density at radius 2 is 1.79 bits per heavy atom. The number of amides is 1. The normalized spacial score (nSPS) is 10.8. The van der Waals surface area contributed by atoms with Crippen molar-refractivity contribution in [3.63, 3.8) is 0 Å². The zero-order valence-electron chi connectivity index (χ0n) is 16.2. The van der Waals surface area contributed by atoms with Crippen molar-refractivity contribution in [3.05, 3.63) is 82.1 Å². The summed E-state index contributed by atoms with van der Waals surface area (Å²) in [5, 5.41) is 6.80. The van der Waals surface area contributed by atoms with Crippen LogP contribution in [0.15, 0.2) is 54.6 Å². The summed E-state index contributed by atoms with van der Waals surface area (Å²) < 4.78 is 0. The number of hydrogen-bond acceptors (Lipinski definition) is 4. The Morgan fingerprint density at radius 1 is 1.07 bits per heavy atom. The topological polar surface area (TPSA) is 66.9 Å². The number of benzene rings is 2. The van der Waals surface area contributed by atoms with Gasteiger partial charge in [0.1, 0.15) is 5.69 Å². The first kappa shape index (κ1) is 19.8. The van der Waals surface area contributed by atoms with E-state index in [0.29, 0.717) is 29.1 Å². The van der Waals surface area contributed by atoms with E-state index in [9.17, 15) is 4.79 Å². The van der Waals surface area contributed by atoms with Crippen molar-refractivity contribution in [1.29, 1.82) is 0 Å². The maximum Gasteiger partial charge on any atom is 0.270 e. The molecule has 28 heavy (non-hydrogen) atoms. The number of aryl methyl sites for hydroxylation is 1. The van der Waals surface area contributed by atoms with Crippen molar-refractivity contribution in [1.82, 2.24) is 15.3 Å². The lowest BCUT2D eigenvalue weighted by atomic mass is 10.0. The van der Waals surface area contributed by atoms with Gasteiger partial charge in [-0.05, 0) is 48.2 Å². The van der Waals surface area contributed by atoms with Crippen LogP contribution in [0.1, 0.15) is 47.1 Å². The van der Waals surface area contributed by atoms with Crippen molar-refractivity contribution in [3.8, 4) is 0 Å². The summed E-state index contributed by atoms with van der Waals surface area (Å²) in [5.74, 6) is 0.515. The van der Waals surface area contributed by atoms with Crippen molar-refractivity contribution in [2.75, 3.05) is 5.32 Å². The second-order valence-electron chi connectivity index (χ2n) is 6.89. The fourth-order valence-electron chi connectivity index (χ4n) is 2.85. The Kier molecular flexibility index (Phi) is 6.26. The second kappa shape index (κ2) is 8.85. The van der Waals surface area contributed by atoms with Crippen molar-refractivity contribution in [2.24, 2.45) is 0 Å². The van der Waals surface area contributed by atoms with Gasteiger partial charge in [-0.25, -0.2) is 9.97 Å². The fraction of sp³-hybridized carbons (Fsp3) is 0.227. The van der Waals surface area contributed by atoms with Gasteiger partial charge >= 0.3 is 0 Å². The first-order chi connectivity index (χ1) is 13.4. The largest absolute Gasteiger partial charge is 0.347 e. The minimum atomic E-state index is -0.249. The van der Waals surface area contributed by atoms with Crippen LogP contribution >= 0.6 is 11.6 Å². The van der Waals surface area contributed by atoms with Gasteiger partial charge in [0.15, 0.2) is 0 Å². The first-order valence-corrected chi connectivity index (χ1v) is 9.54. The molecule has 1 amide bonds. The molecular weight excluding hydrogens is 372 g/mol. The molecule has 2 N–H and O–H groups in total. The van der Waals surface area contributed by atoms with Crippen molar-refractivity contribution >= 4 is 29.1 Å². The maximum absolute atomic E-state index is 12.6. The molecule has 0 saturated carbocycles. The third-order valence-electron chi connectivity index (χ3n) is 4.28. The minimum Gasteiger partial charge on any atom is -0.347 e. The van der Waals surface area contributed by atoms with Crippen molar-refractivity contribution < 1.29 is 4.79 Å². The molecule has 6 heteroatoms. The molecule has 3 aromatic rings. The lowest BCUT2D eigenvalue weighted by Crippen LogP contribution is -2.24. The average molecular weight is 395 g/mol. The molecule has 0 unspecified atom stereocenters. The molecule has 144 valence electrons. The van der Waals surface area contributed by atoms with E-state index in [-0.39, 0.29) is 5.91 Å². The van der Waals surface area contributed by atoms with Crippen LogP contribution < -0.4 is 10.6 Å². The van der Waals surface area contributed by atoms with Crippen LogP contribution in [0.5, 0.6) is 0 Å². The number of nitrogens with one attached hydrogen (secondary N) is 2. The van der Waals surface area contributed by atoms with Crippen LogP contribution in [0, 0.1) is 6.92 Å². The van der Waals surface area contributed by atoms with Crippen LogP contribution in [-0.4, -0.2) is 15.9 Å². The third kappa shape index (κ3) is 5.08. The van der Waals surface area contributed by atoms with Crippen LogP contribution in [-0.2, 0) is 6.54 Å². The fourth-order valence-corrected chi connectivity index (χ4v) is 2.98. The number of anilines is 2. The van der Waals surface area contributed by atoms with Gasteiger partial charge in [0.2, 0.25) is 5.95 Å². The molecule has 0 aliphatic carbocycles. The van der Waals surface area contributed by atoms with Crippen LogP contribution in [0.25, 0.3) is 0 Å². The second-order valence-corrected chi connectivity index (χ2v) is 7.33. The number of carbonyl (C=O) groups is 1. The number of nitrogens with zero attached hydrogens (tertiary/aromatic N) is 2. The van der Waals surface area contributed by atoms with Gasteiger partial charge in [-0.1, -0.05) is 55.8 Å². The number of carbonyl (C=O) groups excluding carboxylic acids is 1. The standard InChI is InChI=1S/C22H23ClN4O/c1-14(2)18-6-4-5-7-19(18)26-22-25-15(3)12-20(27-22)21(28)24-13-16-8-10-17(23)11-9-16/h4-12,14H,13H2,1-3H3,(H,24,28)(H,25,26,27). The molecule has 1 heterocycles. The number of para-hydroxylation sites is 1. The Labute approximate surface area is 170 Å². The molecule has 0 bridgehead atoms. The van der Waals surface area contributed by atoms with Gasteiger partial charge in [-0.3, -0.25) is 4.79 Å². The highest BCUT2D eigenvalue weighted by Gasteiger charge is 2.12. The van der Waals surface area contributed by atoms with Crippen LogP contribution in [0.2, 0.25) is 5.02 Å². The Morgan fingerprint density at radius 3 is 2.50 bits per heavy atom. The highest BCUT2D eigenvalue weighted by Crippen LogP contribution is 2.25. The molecule has 0 fully saturated rings. The summed E-state index contributed by atoms with van der Waals surface area (Å²) >= 11 is 5.89. The molecule has 0 saturated heterocycles. The van der Waals surface area contributed by atoms with E-state index < -0.39 is 0 Å². The van der Waals surface area contributed by atoms with E-state index in [2.05, 4.69) is 40.5 Å². The average Bonchev–Trinajstić information content (AvgIpc) is 2.67. The monoisotopic (exact) mass is 394 g/mol. The number of hydrogen-bond donors (Lipinski definition) is 2. The van der Waals surface area contributed by atoms with E-state index in [1.54, 1.807) is 18.2 Å². The number of rotatable bonds is 6. The van der Waals surface area contributed by atoms with Crippen molar-refractivity contribution in [2.45, 2.75) is 33.2 Å². The molecule has 0 atom stereocenters. The van der Waals surface area contributed by atoms with Gasteiger partial charge in [-0.2, -0.15) is 0 Å². The zero-order valence-corrected chi connectivity index (χ0v) is 16.9. The molecule has 0 spiro atoms.